The van der Waals surface area contributed by atoms with Crippen molar-refractivity contribution < 1.29 is 4.79 Å². The van der Waals surface area contributed by atoms with Crippen LogP contribution in [-0.2, 0) is 4.79 Å². The number of carbonyl (C=O) groups is 1. The lowest BCUT2D eigenvalue weighted by molar-refractivity contribution is -0.139. The topological polar surface area (TPSA) is 20.3 Å². The molecule has 3 heteroatoms. The Morgan fingerprint density at radius 1 is 1.21 bits per heavy atom. The van der Waals surface area contributed by atoms with Gasteiger partial charge < -0.3 is 4.90 Å². The number of hydrogen-bond donors (Lipinski definition) is 0. The van der Waals surface area contributed by atoms with Crippen molar-refractivity contribution in [3.63, 3.8) is 0 Å². The summed E-state index contributed by atoms with van der Waals surface area (Å²) in [4.78, 5) is 14.5. The van der Waals surface area contributed by atoms with E-state index in [1.165, 1.54) is 18.4 Å². The van der Waals surface area contributed by atoms with E-state index in [0.29, 0.717) is 17.7 Å². The van der Waals surface area contributed by atoms with E-state index in [4.69, 9.17) is 0 Å². The monoisotopic (exact) mass is 321 g/mol. The molecule has 0 spiro atoms. The van der Waals surface area contributed by atoms with Crippen LogP contribution in [0.3, 0.4) is 0 Å². The zero-order chi connectivity index (χ0) is 13.2. The van der Waals surface area contributed by atoms with Crippen molar-refractivity contribution in [1.29, 1.82) is 0 Å². The number of nitrogens with zero attached hydrogens (tertiary/aromatic N) is 1. The fraction of sp³-hybridized carbons (Fsp3) is 0.562. The summed E-state index contributed by atoms with van der Waals surface area (Å²) in [6, 6.07) is 8.53. The van der Waals surface area contributed by atoms with Gasteiger partial charge in [-0.1, -0.05) is 34.5 Å². The van der Waals surface area contributed by atoms with Crippen molar-refractivity contribution in [3.8, 4) is 0 Å². The van der Waals surface area contributed by atoms with Crippen LogP contribution in [0.1, 0.15) is 43.6 Å². The molecule has 0 bridgehead atoms. The Morgan fingerprint density at radius 3 is 2.74 bits per heavy atom. The van der Waals surface area contributed by atoms with Gasteiger partial charge in [-0.05, 0) is 43.4 Å². The molecule has 1 aliphatic heterocycles. The molecule has 2 fully saturated rings. The number of amides is 1. The van der Waals surface area contributed by atoms with Crippen molar-refractivity contribution in [2.24, 2.45) is 5.92 Å². The summed E-state index contributed by atoms with van der Waals surface area (Å²) < 4.78 is 1.13. The first-order valence-corrected chi connectivity index (χ1v) is 8.07. The van der Waals surface area contributed by atoms with E-state index in [0.717, 1.165) is 36.8 Å². The van der Waals surface area contributed by atoms with Crippen molar-refractivity contribution in [3.05, 3.63) is 34.3 Å². The maximum Gasteiger partial charge on any atom is 0.225 e. The van der Waals surface area contributed by atoms with Crippen molar-refractivity contribution in [2.75, 3.05) is 13.1 Å². The first-order chi connectivity index (χ1) is 9.24. The Bertz CT molecular complexity index is 470. The highest BCUT2D eigenvalue weighted by Crippen LogP contribution is 2.33. The maximum absolute atomic E-state index is 12.3. The van der Waals surface area contributed by atoms with Crippen LogP contribution in [0, 0.1) is 5.92 Å². The van der Waals surface area contributed by atoms with Gasteiger partial charge >= 0.3 is 0 Å². The highest BCUT2D eigenvalue weighted by molar-refractivity contribution is 9.10. The van der Waals surface area contributed by atoms with Gasteiger partial charge in [0, 0.05) is 29.4 Å². The molecule has 2 nitrogen and oxygen atoms in total. The van der Waals surface area contributed by atoms with Crippen LogP contribution in [0.4, 0.5) is 0 Å². The largest absolute Gasteiger partial charge is 0.342 e. The van der Waals surface area contributed by atoms with Crippen LogP contribution >= 0.6 is 15.9 Å². The number of benzene rings is 1. The lowest BCUT2D eigenvalue weighted by Crippen LogP contribution is -2.44. The lowest BCUT2D eigenvalue weighted by atomic mass is 9.83. The van der Waals surface area contributed by atoms with Gasteiger partial charge in [0.15, 0.2) is 0 Å². The standard InChI is InChI=1S/C16H20BrNO/c17-15-8-2-6-13(10-15)14-7-3-9-18(11-14)16(19)12-4-1-5-12/h2,6,8,10,12,14H,1,3-5,7,9,11H2. The average Bonchev–Trinajstić information content (AvgIpc) is 2.37. The molecular weight excluding hydrogens is 302 g/mol. The normalized spacial score (nSPS) is 24.1. The molecule has 1 amide bonds. The fourth-order valence-electron chi connectivity index (χ4n) is 3.12. The molecule has 1 saturated heterocycles. The second-order valence-electron chi connectivity index (χ2n) is 5.81. The van der Waals surface area contributed by atoms with Gasteiger partial charge in [0.05, 0.1) is 0 Å². The van der Waals surface area contributed by atoms with Crippen LogP contribution in [0.15, 0.2) is 28.7 Å². The van der Waals surface area contributed by atoms with Crippen LogP contribution in [-0.4, -0.2) is 23.9 Å². The molecule has 1 atom stereocenters. The van der Waals surface area contributed by atoms with E-state index in [1.54, 1.807) is 0 Å². The molecule has 0 N–H and O–H groups in total. The van der Waals surface area contributed by atoms with E-state index in [9.17, 15) is 4.79 Å². The van der Waals surface area contributed by atoms with Gasteiger partial charge in [0.25, 0.3) is 0 Å². The Kier molecular flexibility index (Phi) is 3.92. The van der Waals surface area contributed by atoms with Crippen LogP contribution < -0.4 is 0 Å². The summed E-state index contributed by atoms with van der Waals surface area (Å²) >= 11 is 3.54. The third kappa shape index (κ3) is 2.86. The molecule has 1 aromatic rings. The van der Waals surface area contributed by atoms with Gasteiger partial charge in [-0.15, -0.1) is 0 Å². The first kappa shape index (κ1) is 13.2. The summed E-state index contributed by atoms with van der Waals surface area (Å²) in [5.74, 6) is 1.25. The van der Waals surface area contributed by atoms with Crippen molar-refractivity contribution in [2.45, 2.75) is 38.0 Å². The summed E-state index contributed by atoms with van der Waals surface area (Å²) in [7, 11) is 0. The van der Waals surface area contributed by atoms with Crippen molar-refractivity contribution >= 4 is 21.8 Å². The van der Waals surface area contributed by atoms with E-state index >= 15 is 0 Å². The molecule has 1 heterocycles. The van der Waals surface area contributed by atoms with E-state index in [-0.39, 0.29) is 0 Å². The molecule has 19 heavy (non-hydrogen) atoms. The molecule has 0 radical (unpaired) electrons. The number of carbonyl (C=O) groups excluding carboxylic acids is 1. The second-order valence-corrected chi connectivity index (χ2v) is 6.72. The minimum Gasteiger partial charge on any atom is -0.342 e. The molecule has 3 rings (SSSR count). The van der Waals surface area contributed by atoms with E-state index in [2.05, 4.69) is 45.1 Å². The molecule has 2 aliphatic rings. The maximum atomic E-state index is 12.3. The number of hydrogen-bond acceptors (Lipinski definition) is 1. The highest BCUT2D eigenvalue weighted by Gasteiger charge is 2.32. The summed E-state index contributed by atoms with van der Waals surface area (Å²) in [5, 5.41) is 0. The minimum absolute atomic E-state index is 0.334. The SMILES string of the molecule is O=C(C1CCC1)N1CCCC(c2cccc(Br)c2)C1. The van der Waals surface area contributed by atoms with E-state index < -0.39 is 0 Å². The molecule has 1 aliphatic carbocycles. The quantitative estimate of drug-likeness (QED) is 0.807. The molecule has 1 saturated carbocycles. The zero-order valence-electron chi connectivity index (χ0n) is 11.1. The van der Waals surface area contributed by atoms with Gasteiger partial charge in [-0.25, -0.2) is 0 Å². The molecule has 102 valence electrons. The van der Waals surface area contributed by atoms with Gasteiger partial charge in [-0.3, -0.25) is 4.79 Å². The summed E-state index contributed by atoms with van der Waals surface area (Å²) in [6.07, 6.45) is 5.79. The molecule has 0 aromatic heterocycles. The predicted molar refractivity (Wildman–Crippen MR) is 80.0 cm³/mol. The Labute approximate surface area is 123 Å². The Balaban J connectivity index is 1.69. The van der Waals surface area contributed by atoms with Gasteiger partial charge in [0.1, 0.15) is 0 Å². The first-order valence-electron chi connectivity index (χ1n) is 7.28. The summed E-state index contributed by atoms with van der Waals surface area (Å²) in [5.41, 5.74) is 1.36. The third-order valence-corrected chi connectivity index (χ3v) is 5.00. The van der Waals surface area contributed by atoms with Crippen LogP contribution in [0.5, 0.6) is 0 Å². The zero-order valence-corrected chi connectivity index (χ0v) is 12.7. The number of piperidine rings is 1. The van der Waals surface area contributed by atoms with Crippen LogP contribution in [0.2, 0.25) is 0 Å². The summed E-state index contributed by atoms with van der Waals surface area (Å²) in [6.45, 7) is 1.87. The lowest BCUT2D eigenvalue weighted by Gasteiger charge is -2.37. The molecular formula is C16H20BrNO. The predicted octanol–water partition coefficient (Wildman–Crippen LogP) is 3.96. The molecule has 1 aromatic carbocycles. The Morgan fingerprint density at radius 2 is 2.05 bits per heavy atom. The smallest absolute Gasteiger partial charge is 0.225 e. The average molecular weight is 322 g/mol. The minimum atomic E-state index is 0.334. The number of halogens is 1. The van der Waals surface area contributed by atoms with Crippen LogP contribution in [0.25, 0.3) is 0 Å². The number of rotatable bonds is 2. The highest BCUT2D eigenvalue weighted by atomic mass is 79.9. The Hall–Kier alpha value is -0.830. The number of likely N-dealkylation sites (tertiary alicyclic amines) is 1. The second kappa shape index (κ2) is 5.66. The molecule has 1 unspecified atom stereocenters. The van der Waals surface area contributed by atoms with Gasteiger partial charge in [0.2, 0.25) is 5.91 Å². The van der Waals surface area contributed by atoms with Crippen molar-refractivity contribution in [1.82, 2.24) is 4.90 Å². The third-order valence-electron chi connectivity index (χ3n) is 4.51. The van der Waals surface area contributed by atoms with Gasteiger partial charge in [-0.2, -0.15) is 0 Å². The van der Waals surface area contributed by atoms with E-state index in [1.807, 2.05) is 0 Å². The fourth-order valence-corrected chi connectivity index (χ4v) is 3.54.